The molecule has 0 aliphatic carbocycles. The van der Waals surface area contributed by atoms with E-state index in [0.717, 1.165) is 11.0 Å². The summed E-state index contributed by atoms with van der Waals surface area (Å²) in [6.07, 6.45) is 3.04. The topological polar surface area (TPSA) is 85.3 Å². The van der Waals surface area contributed by atoms with E-state index in [1.807, 2.05) is 63.5 Å². The molecular formula is C21H32N4O3. The first-order valence-corrected chi connectivity index (χ1v) is 9.86. The number of aryl methyl sites for hydroxylation is 1. The van der Waals surface area contributed by atoms with Crippen molar-refractivity contribution < 1.29 is 14.3 Å². The Morgan fingerprint density at radius 3 is 2.46 bits per heavy atom. The highest BCUT2D eigenvalue weighted by molar-refractivity contribution is 5.78. The number of nitrogens with zero attached hydrogens (tertiary/aromatic N) is 2. The van der Waals surface area contributed by atoms with Crippen LogP contribution in [0, 0.1) is 0 Å². The average molecular weight is 389 g/mol. The standard InChI is InChI=1S/C21H32N4O3/c1-6-21(7-2,14-22-19(27)28-20(3,4)5)24-18(26)12-13-25-15-23-16-10-8-9-11-17(16)25/h8-11,15H,6-7,12-14H2,1-5H3,(H,22,27)(H,24,26). The first-order valence-electron chi connectivity index (χ1n) is 9.86. The van der Waals surface area contributed by atoms with E-state index in [1.54, 1.807) is 6.33 Å². The van der Waals surface area contributed by atoms with Crippen LogP contribution in [0.4, 0.5) is 4.79 Å². The van der Waals surface area contributed by atoms with Crippen LogP contribution in [0.5, 0.6) is 0 Å². The summed E-state index contributed by atoms with van der Waals surface area (Å²) in [5.74, 6) is -0.0486. The predicted molar refractivity (Wildman–Crippen MR) is 110 cm³/mol. The largest absolute Gasteiger partial charge is 0.444 e. The van der Waals surface area contributed by atoms with Crippen molar-refractivity contribution >= 4 is 23.0 Å². The maximum atomic E-state index is 12.6. The molecule has 0 spiro atoms. The van der Waals surface area contributed by atoms with Gasteiger partial charge >= 0.3 is 6.09 Å². The molecule has 1 aromatic heterocycles. The van der Waals surface area contributed by atoms with Crippen molar-refractivity contribution in [2.75, 3.05) is 6.54 Å². The van der Waals surface area contributed by atoms with Gasteiger partial charge in [-0.1, -0.05) is 26.0 Å². The molecule has 7 heteroatoms. The highest BCUT2D eigenvalue weighted by atomic mass is 16.6. The minimum absolute atomic E-state index is 0.0486. The minimum atomic E-state index is -0.554. The van der Waals surface area contributed by atoms with Crippen molar-refractivity contribution in [3.05, 3.63) is 30.6 Å². The molecule has 1 heterocycles. The first-order chi connectivity index (χ1) is 13.2. The summed E-state index contributed by atoms with van der Waals surface area (Å²) in [6, 6.07) is 7.85. The van der Waals surface area contributed by atoms with Crippen molar-refractivity contribution in [2.24, 2.45) is 0 Å². The van der Waals surface area contributed by atoms with E-state index in [1.165, 1.54) is 0 Å². The van der Waals surface area contributed by atoms with Gasteiger partial charge in [0.05, 0.1) is 22.9 Å². The lowest BCUT2D eigenvalue weighted by atomic mass is 9.92. The third-order valence-corrected chi connectivity index (χ3v) is 4.84. The maximum Gasteiger partial charge on any atom is 0.407 e. The molecule has 0 saturated heterocycles. The second-order valence-electron chi connectivity index (χ2n) is 8.07. The molecule has 2 aromatic rings. The minimum Gasteiger partial charge on any atom is -0.444 e. The van der Waals surface area contributed by atoms with Crippen molar-refractivity contribution in [3.8, 4) is 0 Å². The van der Waals surface area contributed by atoms with Crippen LogP contribution in [0.2, 0.25) is 0 Å². The molecule has 0 bridgehead atoms. The van der Waals surface area contributed by atoms with Gasteiger partial charge in [0.15, 0.2) is 0 Å². The third kappa shape index (κ3) is 5.97. The van der Waals surface area contributed by atoms with Crippen LogP contribution >= 0.6 is 0 Å². The van der Waals surface area contributed by atoms with Gasteiger partial charge in [0, 0.05) is 19.5 Å². The van der Waals surface area contributed by atoms with Crippen LogP contribution in [0.15, 0.2) is 30.6 Å². The number of rotatable bonds is 8. The summed E-state index contributed by atoms with van der Waals surface area (Å²) in [5.41, 5.74) is 0.882. The number of carbonyl (C=O) groups is 2. The number of carbonyl (C=O) groups excluding carboxylic acids is 2. The van der Waals surface area contributed by atoms with Crippen LogP contribution in [-0.2, 0) is 16.1 Å². The summed E-state index contributed by atoms with van der Waals surface area (Å²) in [5, 5.41) is 5.91. The fourth-order valence-electron chi connectivity index (χ4n) is 3.05. The quantitative estimate of drug-likeness (QED) is 0.723. The second-order valence-corrected chi connectivity index (χ2v) is 8.07. The molecule has 0 atom stereocenters. The van der Waals surface area contributed by atoms with Gasteiger partial charge in [-0.3, -0.25) is 4.79 Å². The van der Waals surface area contributed by atoms with Crippen LogP contribution < -0.4 is 10.6 Å². The summed E-state index contributed by atoms with van der Waals surface area (Å²) in [7, 11) is 0. The van der Waals surface area contributed by atoms with E-state index < -0.39 is 17.2 Å². The molecule has 0 saturated carbocycles. The number of imidazole rings is 1. The van der Waals surface area contributed by atoms with Gasteiger partial charge in [-0.15, -0.1) is 0 Å². The van der Waals surface area contributed by atoms with Gasteiger partial charge in [-0.2, -0.15) is 0 Å². The molecule has 2 rings (SSSR count). The Hall–Kier alpha value is -2.57. The molecule has 2 N–H and O–H groups in total. The van der Waals surface area contributed by atoms with E-state index in [-0.39, 0.29) is 5.91 Å². The van der Waals surface area contributed by atoms with Crippen LogP contribution in [-0.4, -0.2) is 39.2 Å². The number of hydrogen-bond donors (Lipinski definition) is 2. The van der Waals surface area contributed by atoms with Crippen molar-refractivity contribution in [2.45, 2.75) is 71.6 Å². The number of nitrogens with one attached hydrogen (secondary N) is 2. The van der Waals surface area contributed by atoms with E-state index in [9.17, 15) is 9.59 Å². The highest BCUT2D eigenvalue weighted by Crippen LogP contribution is 2.16. The van der Waals surface area contributed by atoms with Gasteiger partial charge in [-0.25, -0.2) is 9.78 Å². The number of hydrogen-bond acceptors (Lipinski definition) is 4. The Balaban J connectivity index is 1.93. The summed E-state index contributed by atoms with van der Waals surface area (Å²) < 4.78 is 7.27. The van der Waals surface area contributed by atoms with Gasteiger partial charge in [0.1, 0.15) is 5.60 Å². The zero-order valence-electron chi connectivity index (χ0n) is 17.5. The highest BCUT2D eigenvalue weighted by Gasteiger charge is 2.29. The molecule has 154 valence electrons. The third-order valence-electron chi connectivity index (χ3n) is 4.84. The van der Waals surface area contributed by atoms with E-state index in [0.29, 0.717) is 32.4 Å². The van der Waals surface area contributed by atoms with Gasteiger partial charge in [-0.05, 0) is 45.7 Å². The monoisotopic (exact) mass is 388 g/mol. The fraction of sp³-hybridized carbons (Fsp3) is 0.571. The molecule has 1 aromatic carbocycles. The lowest BCUT2D eigenvalue weighted by Gasteiger charge is -2.33. The van der Waals surface area contributed by atoms with Crippen molar-refractivity contribution in [1.82, 2.24) is 20.2 Å². The zero-order chi connectivity index (χ0) is 20.8. The predicted octanol–water partition coefficient (Wildman–Crippen LogP) is 3.63. The molecule has 0 aliphatic rings. The SMILES string of the molecule is CCC(CC)(CNC(=O)OC(C)(C)C)NC(=O)CCn1cnc2ccccc21. The Bertz CT molecular complexity index is 803. The lowest BCUT2D eigenvalue weighted by Crippen LogP contribution is -2.55. The van der Waals surface area contributed by atoms with Crippen LogP contribution in [0.3, 0.4) is 0 Å². The number of para-hydroxylation sites is 2. The Morgan fingerprint density at radius 1 is 1.14 bits per heavy atom. The molecule has 0 aliphatic heterocycles. The number of alkyl carbamates (subject to hydrolysis) is 1. The molecule has 0 fully saturated rings. The zero-order valence-corrected chi connectivity index (χ0v) is 17.5. The second kappa shape index (κ2) is 9.08. The summed E-state index contributed by atoms with van der Waals surface area (Å²) in [4.78, 5) is 28.9. The van der Waals surface area contributed by atoms with Crippen LogP contribution in [0.25, 0.3) is 11.0 Å². The van der Waals surface area contributed by atoms with Crippen molar-refractivity contribution in [1.29, 1.82) is 0 Å². The number of fused-ring (bicyclic) bond motifs is 1. The molecule has 28 heavy (non-hydrogen) atoms. The molecule has 0 radical (unpaired) electrons. The average Bonchev–Trinajstić information content (AvgIpc) is 3.05. The lowest BCUT2D eigenvalue weighted by molar-refractivity contribution is -0.123. The van der Waals surface area contributed by atoms with E-state index in [2.05, 4.69) is 15.6 Å². The normalized spacial score (nSPS) is 12.0. The molecule has 7 nitrogen and oxygen atoms in total. The molecular weight excluding hydrogens is 356 g/mol. The fourth-order valence-corrected chi connectivity index (χ4v) is 3.05. The summed E-state index contributed by atoms with van der Waals surface area (Å²) >= 11 is 0. The Morgan fingerprint density at radius 2 is 1.82 bits per heavy atom. The van der Waals surface area contributed by atoms with E-state index >= 15 is 0 Å². The molecule has 2 amide bonds. The first kappa shape index (κ1) is 21.7. The number of aromatic nitrogens is 2. The number of ether oxygens (including phenoxy) is 1. The van der Waals surface area contributed by atoms with Gasteiger partial charge < -0.3 is 19.9 Å². The Kier molecular flexibility index (Phi) is 7.05. The number of amides is 2. The van der Waals surface area contributed by atoms with E-state index in [4.69, 9.17) is 4.74 Å². The van der Waals surface area contributed by atoms with Crippen LogP contribution in [0.1, 0.15) is 53.9 Å². The van der Waals surface area contributed by atoms with Crippen molar-refractivity contribution in [3.63, 3.8) is 0 Å². The smallest absolute Gasteiger partial charge is 0.407 e. The maximum absolute atomic E-state index is 12.6. The number of benzene rings is 1. The Labute approximate surface area is 166 Å². The van der Waals surface area contributed by atoms with Gasteiger partial charge in [0.25, 0.3) is 0 Å². The van der Waals surface area contributed by atoms with Gasteiger partial charge in [0.2, 0.25) is 5.91 Å². The summed E-state index contributed by atoms with van der Waals surface area (Å²) in [6.45, 7) is 10.3. The molecule has 0 unspecified atom stereocenters.